The predicted molar refractivity (Wildman–Crippen MR) is 67.9 cm³/mol. The molecule has 1 heterocycles. The van der Waals surface area contributed by atoms with Gasteiger partial charge in [-0.05, 0) is 12.5 Å². The Hall–Kier alpha value is -1.37. The zero-order valence-electron chi connectivity index (χ0n) is 9.93. The maximum Gasteiger partial charge on any atom is 0.216 e. The molecule has 0 spiro atoms. The van der Waals surface area contributed by atoms with Gasteiger partial charge in [-0.1, -0.05) is 11.6 Å². The van der Waals surface area contributed by atoms with Gasteiger partial charge in [0.2, 0.25) is 5.91 Å². The van der Waals surface area contributed by atoms with E-state index >= 15 is 0 Å². The summed E-state index contributed by atoms with van der Waals surface area (Å²) in [6, 6.07) is 1.40. The minimum atomic E-state index is -1.16. The fourth-order valence-electron chi connectivity index (χ4n) is 1.46. The predicted octanol–water partition coefficient (Wildman–Crippen LogP) is 0.238. The molecule has 0 fully saturated rings. The summed E-state index contributed by atoms with van der Waals surface area (Å²) in [5.74, 6) is -0.190. The van der Waals surface area contributed by atoms with E-state index < -0.39 is 12.2 Å². The molecule has 18 heavy (non-hydrogen) atoms. The number of carbonyl (C=O) groups excluding carboxylic acids is 1. The molecule has 0 aliphatic carbocycles. The molecular weight excluding hydrogens is 258 g/mol. The van der Waals surface area contributed by atoms with Gasteiger partial charge < -0.3 is 21.3 Å². The van der Waals surface area contributed by atoms with Crippen LogP contribution in [0.4, 0.5) is 5.69 Å². The maximum atomic E-state index is 10.7. The summed E-state index contributed by atoms with van der Waals surface area (Å²) in [6.45, 7) is 1.65. The first-order chi connectivity index (χ1) is 8.41. The molecule has 100 valence electrons. The van der Waals surface area contributed by atoms with Gasteiger partial charge >= 0.3 is 0 Å². The number of pyridine rings is 1. The van der Waals surface area contributed by atoms with E-state index in [1.54, 1.807) is 0 Å². The Morgan fingerprint density at radius 1 is 1.61 bits per heavy atom. The van der Waals surface area contributed by atoms with E-state index in [1.807, 2.05) is 0 Å². The van der Waals surface area contributed by atoms with E-state index in [0.29, 0.717) is 5.56 Å². The molecule has 2 atom stereocenters. The first-order valence-corrected chi connectivity index (χ1v) is 5.81. The number of nitrogens with zero attached hydrogens (tertiary/aromatic N) is 1. The Bertz CT molecular complexity index is 428. The van der Waals surface area contributed by atoms with E-state index in [-0.39, 0.29) is 29.7 Å². The second-order valence-electron chi connectivity index (χ2n) is 3.92. The lowest BCUT2D eigenvalue weighted by Gasteiger charge is -2.19. The molecule has 0 saturated heterocycles. The number of aliphatic hydroxyl groups excluding tert-OH is 2. The summed E-state index contributed by atoms with van der Waals surface area (Å²) in [7, 11) is 0. The number of aliphatic hydroxyl groups is 2. The SMILES string of the molecule is CC(=O)NCCC(O)C(O)c1cnc(Cl)cc1N. The van der Waals surface area contributed by atoms with Crippen LogP contribution in [0, 0.1) is 0 Å². The first kappa shape index (κ1) is 14.7. The molecule has 1 aromatic rings. The molecular formula is C11H16ClN3O3. The number of aromatic nitrogens is 1. The van der Waals surface area contributed by atoms with Crippen LogP contribution in [0.3, 0.4) is 0 Å². The standard InChI is InChI=1S/C11H16ClN3O3/c1-6(16)14-3-2-9(17)11(18)7-5-15-10(12)4-8(7)13/h4-5,9,11,17-18H,2-3H2,1H3,(H2,13,15)(H,14,16). The summed E-state index contributed by atoms with van der Waals surface area (Å²) >= 11 is 5.64. The maximum absolute atomic E-state index is 10.7. The van der Waals surface area contributed by atoms with Gasteiger partial charge in [-0.25, -0.2) is 4.98 Å². The van der Waals surface area contributed by atoms with Gasteiger partial charge in [0.15, 0.2) is 0 Å². The topological polar surface area (TPSA) is 108 Å². The molecule has 7 heteroatoms. The van der Waals surface area contributed by atoms with E-state index in [0.717, 1.165) is 0 Å². The lowest BCUT2D eigenvalue weighted by Crippen LogP contribution is -2.28. The molecule has 0 aliphatic rings. The lowest BCUT2D eigenvalue weighted by molar-refractivity contribution is -0.119. The summed E-state index contributed by atoms with van der Waals surface area (Å²) in [4.78, 5) is 14.5. The normalized spacial score (nSPS) is 14.0. The van der Waals surface area contributed by atoms with Crippen molar-refractivity contribution in [1.82, 2.24) is 10.3 Å². The fourth-order valence-corrected chi connectivity index (χ4v) is 1.63. The Morgan fingerprint density at radius 2 is 2.28 bits per heavy atom. The van der Waals surface area contributed by atoms with Crippen LogP contribution in [0.2, 0.25) is 5.15 Å². The van der Waals surface area contributed by atoms with E-state index in [2.05, 4.69) is 10.3 Å². The van der Waals surface area contributed by atoms with Crippen molar-refractivity contribution in [3.05, 3.63) is 23.0 Å². The van der Waals surface area contributed by atoms with Crippen LogP contribution in [0.15, 0.2) is 12.3 Å². The Morgan fingerprint density at radius 3 is 2.83 bits per heavy atom. The molecule has 0 aromatic carbocycles. The zero-order valence-corrected chi connectivity index (χ0v) is 10.7. The Labute approximate surface area is 110 Å². The highest BCUT2D eigenvalue weighted by Crippen LogP contribution is 2.25. The number of amides is 1. The van der Waals surface area contributed by atoms with Crippen LogP contribution in [0.5, 0.6) is 0 Å². The smallest absolute Gasteiger partial charge is 0.216 e. The minimum absolute atomic E-state index is 0.190. The number of halogens is 1. The van der Waals surface area contributed by atoms with Crippen LogP contribution in [-0.2, 0) is 4.79 Å². The van der Waals surface area contributed by atoms with Gasteiger partial charge in [0.1, 0.15) is 11.3 Å². The van der Waals surface area contributed by atoms with Gasteiger partial charge in [-0.15, -0.1) is 0 Å². The van der Waals surface area contributed by atoms with Crippen LogP contribution < -0.4 is 11.1 Å². The quantitative estimate of drug-likeness (QED) is 0.575. The average molecular weight is 274 g/mol. The molecule has 0 bridgehead atoms. The molecule has 0 radical (unpaired) electrons. The largest absolute Gasteiger partial charge is 0.398 e. The van der Waals surface area contributed by atoms with E-state index in [9.17, 15) is 15.0 Å². The van der Waals surface area contributed by atoms with Gasteiger partial charge in [0, 0.05) is 30.9 Å². The van der Waals surface area contributed by atoms with Crippen molar-refractivity contribution >= 4 is 23.2 Å². The highest BCUT2D eigenvalue weighted by atomic mass is 35.5. The third-order valence-corrected chi connectivity index (χ3v) is 2.64. The molecule has 0 saturated carbocycles. The van der Waals surface area contributed by atoms with Crippen molar-refractivity contribution < 1.29 is 15.0 Å². The molecule has 5 N–H and O–H groups in total. The van der Waals surface area contributed by atoms with Crippen molar-refractivity contribution in [3.63, 3.8) is 0 Å². The van der Waals surface area contributed by atoms with Crippen molar-refractivity contribution in [2.24, 2.45) is 0 Å². The minimum Gasteiger partial charge on any atom is -0.398 e. The zero-order chi connectivity index (χ0) is 13.7. The second kappa shape index (κ2) is 6.53. The van der Waals surface area contributed by atoms with Gasteiger partial charge in [-0.3, -0.25) is 4.79 Å². The van der Waals surface area contributed by atoms with Gasteiger partial charge in [0.05, 0.1) is 6.10 Å². The summed E-state index contributed by atoms with van der Waals surface area (Å²) in [5, 5.41) is 22.4. The highest BCUT2D eigenvalue weighted by Gasteiger charge is 2.20. The molecule has 1 amide bonds. The number of nitrogens with one attached hydrogen (secondary N) is 1. The third-order valence-electron chi connectivity index (χ3n) is 2.43. The summed E-state index contributed by atoms with van der Waals surface area (Å²) in [6.07, 6.45) is -0.669. The molecule has 1 aromatic heterocycles. The summed E-state index contributed by atoms with van der Waals surface area (Å²) in [5.41, 5.74) is 6.25. The van der Waals surface area contributed by atoms with E-state index in [1.165, 1.54) is 19.2 Å². The summed E-state index contributed by atoms with van der Waals surface area (Å²) < 4.78 is 0. The van der Waals surface area contributed by atoms with E-state index in [4.69, 9.17) is 17.3 Å². The second-order valence-corrected chi connectivity index (χ2v) is 4.31. The Kier molecular flexibility index (Phi) is 5.33. The van der Waals surface area contributed by atoms with Crippen molar-refractivity contribution in [1.29, 1.82) is 0 Å². The van der Waals surface area contributed by atoms with Crippen molar-refractivity contribution in [2.45, 2.75) is 25.6 Å². The molecule has 0 aliphatic heterocycles. The number of anilines is 1. The number of nitrogen functional groups attached to an aromatic ring is 1. The van der Waals surface area contributed by atoms with Crippen LogP contribution in [0.25, 0.3) is 0 Å². The first-order valence-electron chi connectivity index (χ1n) is 5.43. The highest BCUT2D eigenvalue weighted by molar-refractivity contribution is 6.29. The monoisotopic (exact) mass is 273 g/mol. The third kappa shape index (κ3) is 4.14. The average Bonchev–Trinajstić information content (AvgIpc) is 2.27. The van der Waals surface area contributed by atoms with Gasteiger partial charge in [-0.2, -0.15) is 0 Å². The number of hydrogen-bond donors (Lipinski definition) is 4. The van der Waals surface area contributed by atoms with Crippen LogP contribution in [-0.4, -0.2) is 33.8 Å². The lowest BCUT2D eigenvalue weighted by atomic mass is 10.0. The molecule has 2 unspecified atom stereocenters. The van der Waals surface area contributed by atoms with Crippen molar-refractivity contribution in [2.75, 3.05) is 12.3 Å². The number of nitrogens with two attached hydrogens (primary N) is 1. The van der Waals surface area contributed by atoms with Crippen molar-refractivity contribution in [3.8, 4) is 0 Å². The Balaban J connectivity index is 2.62. The van der Waals surface area contributed by atoms with Gasteiger partial charge in [0.25, 0.3) is 0 Å². The number of hydrogen-bond acceptors (Lipinski definition) is 5. The molecule has 6 nitrogen and oxygen atoms in total. The van der Waals surface area contributed by atoms with Crippen LogP contribution >= 0.6 is 11.6 Å². The fraction of sp³-hybridized carbons (Fsp3) is 0.455. The molecule has 1 rings (SSSR count). The van der Waals surface area contributed by atoms with Crippen LogP contribution in [0.1, 0.15) is 25.0 Å². The number of rotatable bonds is 5. The number of carbonyl (C=O) groups is 1.